The normalized spacial score (nSPS) is 16.6. The van der Waals surface area contributed by atoms with Crippen molar-refractivity contribution in [1.82, 2.24) is 5.32 Å². The second-order valence-electron chi connectivity index (χ2n) is 5.82. The molecule has 0 heterocycles. The molecule has 0 amide bonds. The average molecular weight is 296 g/mol. The van der Waals surface area contributed by atoms with Crippen molar-refractivity contribution in [2.24, 2.45) is 0 Å². The van der Waals surface area contributed by atoms with Crippen LogP contribution >= 0.6 is 0 Å². The highest BCUT2D eigenvalue weighted by Gasteiger charge is 2.23. The van der Waals surface area contributed by atoms with E-state index in [2.05, 4.69) is 36.5 Å². The Bertz CT molecular complexity index is 731. The molecule has 0 aliphatic heterocycles. The molecule has 0 saturated carbocycles. The summed E-state index contributed by atoms with van der Waals surface area (Å²) in [4.78, 5) is 11.0. The van der Waals surface area contributed by atoms with Gasteiger partial charge >= 0.3 is 0 Å². The van der Waals surface area contributed by atoms with E-state index in [0.717, 1.165) is 25.0 Å². The third kappa shape index (κ3) is 2.82. The summed E-state index contributed by atoms with van der Waals surface area (Å²) in [6, 6.07) is 14.5. The van der Waals surface area contributed by atoms with E-state index < -0.39 is 0 Å². The molecule has 1 N–H and O–H groups in total. The van der Waals surface area contributed by atoms with Gasteiger partial charge in [0, 0.05) is 12.5 Å². The summed E-state index contributed by atoms with van der Waals surface area (Å²) in [5, 5.41) is 17.0. The summed E-state index contributed by atoms with van der Waals surface area (Å²) in [6.45, 7) is 2.07. The van der Waals surface area contributed by atoms with Gasteiger partial charge in [0.25, 0.3) is 5.70 Å². The van der Waals surface area contributed by atoms with Gasteiger partial charge in [-0.25, -0.2) is 0 Å². The quantitative estimate of drug-likeness (QED) is 0.665. The summed E-state index contributed by atoms with van der Waals surface area (Å²) >= 11 is 0. The van der Waals surface area contributed by atoms with Crippen molar-refractivity contribution in [3.05, 3.63) is 69.5 Å². The number of benzene rings is 2. The number of nitrogens with one attached hydrogen (secondary N) is 1. The monoisotopic (exact) mass is 296 g/mol. The number of fused-ring (bicyclic) bond motifs is 1. The van der Waals surface area contributed by atoms with E-state index in [1.807, 2.05) is 18.2 Å². The van der Waals surface area contributed by atoms with Crippen LogP contribution in [0, 0.1) is 10.1 Å². The second-order valence-corrected chi connectivity index (χ2v) is 5.82. The van der Waals surface area contributed by atoms with Crippen LogP contribution in [-0.4, -0.2) is 4.92 Å². The molecule has 4 heteroatoms. The molecule has 22 heavy (non-hydrogen) atoms. The Labute approximate surface area is 130 Å². The third-order valence-electron chi connectivity index (χ3n) is 4.34. The van der Waals surface area contributed by atoms with Crippen molar-refractivity contribution in [1.29, 1.82) is 0 Å². The summed E-state index contributed by atoms with van der Waals surface area (Å²) in [5.41, 5.74) is 2.34. The van der Waals surface area contributed by atoms with E-state index >= 15 is 0 Å². The Morgan fingerprint density at radius 3 is 2.64 bits per heavy atom. The number of nitrogens with zero attached hydrogens (tertiary/aromatic N) is 1. The molecule has 0 unspecified atom stereocenters. The SMILES string of the molecule is C[C@H](NC1=C([N+](=O)[O-])CCCC1)c1cccc2ccccc12. The predicted octanol–water partition coefficient (Wildman–Crippen LogP) is 4.55. The van der Waals surface area contributed by atoms with Crippen molar-refractivity contribution in [2.45, 2.75) is 38.6 Å². The minimum absolute atomic E-state index is 0.0501. The van der Waals surface area contributed by atoms with E-state index in [9.17, 15) is 10.1 Å². The molecule has 0 saturated heterocycles. The summed E-state index contributed by atoms with van der Waals surface area (Å²) in [7, 11) is 0. The maximum Gasteiger partial charge on any atom is 0.264 e. The van der Waals surface area contributed by atoms with Gasteiger partial charge in [-0.1, -0.05) is 42.5 Å². The van der Waals surface area contributed by atoms with Crippen molar-refractivity contribution in [3.8, 4) is 0 Å². The lowest BCUT2D eigenvalue weighted by molar-refractivity contribution is -0.430. The van der Waals surface area contributed by atoms with Gasteiger partial charge in [-0.3, -0.25) is 10.1 Å². The lowest BCUT2D eigenvalue weighted by Crippen LogP contribution is -2.24. The van der Waals surface area contributed by atoms with Crippen LogP contribution in [-0.2, 0) is 0 Å². The zero-order valence-electron chi connectivity index (χ0n) is 12.7. The molecule has 2 aromatic carbocycles. The predicted molar refractivity (Wildman–Crippen MR) is 88.0 cm³/mol. The van der Waals surface area contributed by atoms with Crippen LogP contribution < -0.4 is 5.32 Å². The minimum atomic E-state index is -0.225. The summed E-state index contributed by atoms with van der Waals surface area (Å²) in [6.07, 6.45) is 3.26. The highest BCUT2D eigenvalue weighted by molar-refractivity contribution is 5.86. The Morgan fingerprint density at radius 1 is 1.09 bits per heavy atom. The van der Waals surface area contributed by atoms with E-state index in [-0.39, 0.29) is 11.0 Å². The van der Waals surface area contributed by atoms with Crippen LogP contribution in [0.3, 0.4) is 0 Å². The van der Waals surface area contributed by atoms with Crippen LogP contribution in [0.25, 0.3) is 10.8 Å². The molecule has 0 bridgehead atoms. The van der Waals surface area contributed by atoms with Gasteiger partial charge in [0.05, 0.1) is 10.6 Å². The molecule has 0 spiro atoms. The molecule has 0 radical (unpaired) electrons. The van der Waals surface area contributed by atoms with Crippen LogP contribution in [0.15, 0.2) is 53.9 Å². The fourth-order valence-corrected chi connectivity index (χ4v) is 3.21. The van der Waals surface area contributed by atoms with Gasteiger partial charge in [-0.15, -0.1) is 0 Å². The fraction of sp³-hybridized carbons (Fsp3) is 0.333. The third-order valence-corrected chi connectivity index (χ3v) is 4.34. The molecular formula is C18H20N2O2. The van der Waals surface area contributed by atoms with E-state index in [1.165, 1.54) is 16.3 Å². The molecule has 3 rings (SSSR count). The molecular weight excluding hydrogens is 276 g/mol. The standard InChI is InChI=1S/C18H20N2O2/c1-13(19-17-11-4-5-12-18(17)20(21)22)15-10-6-8-14-7-2-3-9-16(14)15/h2-3,6-10,13,19H,4-5,11-12H2,1H3/t13-/m0/s1. The minimum Gasteiger partial charge on any atom is -0.377 e. The molecule has 4 nitrogen and oxygen atoms in total. The Morgan fingerprint density at radius 2 is 1.82 bits per heavy atom. The molecule has 2 aromatic rings. The van der Waals surface area contributed by atoms with E-state index in [4.69, 9.17) is 0 Å². The second kappa shape index (κ2) is 6.18. The van der Waals surface area contributed by atoms with Crippen LogP contribution in [0.1, 0.15) is 44.2 Å². The first-order chi connectivity index (χ1) is 10.7. The summed E-state index contributed by atoms with van der Waals surface area (Å²) in [5.74, 6) is 0. The number of allylic oxidation sites excluding steroid dienone is 2. The highest BCUT2D eigenvalue weighted by atomic mass is 16.6. The van der Waals surface area contributed by atoms with Gasteiger partial charge in [0.15, 0.2) is 0 Å². The van der Waals surface area contributed by atoms with Crippen molar-refractivity contribution in [3.63, 3.8) is 0 Å². The number of nitro groups is 1. The smallest absolute Gasteiger partial charge is 0.264 e. The van der Waals surface area contributed by atoms with Crippen LogP contribution in [0.4, 0.5) is 0 Å². The van der Waals surface area contributed by atoms with E-state index in [1.54, 1.807) is 0 Å². The van der Waals surface area contributed by atoms with Gasteiger partial charge < -0.3 is 5.32 Å². The maximum atomic E-state index is 11.2. The van der Waals surface area contributed by atoms with E-state index in [0.29, 0.717) is 12.1 Å². The number of hydrogen-bond donors (Lipinski definition) is 1. The highest BCUT2D eigenvalue weighted by Crippen LogP contribution is 2.28. The molecule has 114 valence electrons. The molecule has 0 fully saturated rings. The Balaban J connectivity index is 1.93. The molecule has 1 aliphatic rings. The molecule has 0 aromatic heterocycles. The zero-order chi connectivity index (χ0) is 15.5. The zero-order valence-corrected chi connectivity index (χ0v) is 12.7. The first-order valence-electron chi connectivity index (χ1n) is 7.77. The lowest BCUT2D eigenvalue weighted by atomic mass is 9.97. The van der Waals surface area contributed by atoms with Crippen molar-refractivity contribution < 1.29 is 4.92 Å². The van der Waals surface area contributed by atoms with Crippen molar-refractivity contribution in [2.75, 3.05) is 0 Å². The molecule has 1 atom stereocenters. The number of hydrogen-bond acceptors (Lipinski definition) is 3. The fourth-order valence-electron chi connectivity index (χ4n) is 3.21. The van der Waals surface area contributed by atoms with Crippen LogP contribution in [0.5, 0.6) is 0 Å². The summed E-state index contributed by atoms with van der Waals surface area (Å²) < 4.78 is 0. The Kier molecular flexibility index (Phi) is 4.09. The van der Waals surface area contributed by atoms with Gasteiger partial charge in [0.1, 0.15) is 0 Å². The average Bonchev–Trinajstić information content (AvgIpc) is 2.54. The first kappa shape index (κ1) is 14.6. The van der Waals surface area contributed by atoms with Gasteiger partial charge in [-0.05, 0) is 42.5 Å². The van der Waals surface area contributed by atoms with Gasteiger partial charge in [-0.2, -0.15) is 0 Å². The topological polar surface area (TPSA) is 55.2 Å². The van der Waals surface area contributed by atoms with Crippen molar-refractivity contribution >= 4 is 10.8 Å². The molecule has 1 aliphatic carbocycles. The largest absolute Gasteiger partial charge is 0.377 e. The number of rotatable bonds is 4. The Hall–Kier alpha value is -2.36. The maximum absolute atomic E-state index is 11.2. The van der Waals surface area contributed by atoms with Crippen LogP contribution in [0.2, 0.25) is 0 Å². The first-order valence-corrected chi connectivity index (χ1v) is 7.77. The lowest BCUT2D eigenvalue weighted by Gasteiger charge is -2.22. The van der Waals surface area contributed by atoms with Gasteiger partial charge in [0.2, 0.25) is 0 Å².